The van der Waals surface area contributed by atoms with Crippen molar-refractivity contribution in [1.29, 1.82) is 0 Å². The Labute approximate surface area is 96.2 Å². The van der Waals surface area contributed by atoms with Crippen LogP contribution in [0.4, 0.5) is 0 Å². The Morgan fingerprint density at radius 3 is 3.12 bits per heavy atom. The number of aromatic nitrogens is 1. The minimum Gasteiger partial charge on any atom is -0.449 e. The monoisotopic (exact) mass is 224 g/mol. The second-order valence-electron chi connectivity index (χ2n) is 4.61. The van der Waals surface area contributed by atoms with Gasteiger partial charge in [0.15, 0.2) is 5.89 Å². The standard InChI is InChI=1S/C12H20N2O2/c1-9(13)6-10-8-16-12(14-10)7-11-4-2-3-5-15-11/h8-9,11H,2-7,13H2,1H3. The molecule has 90 valence electrons. The number of ether oxygens (including phenoxy) is 1. The van der Waals surface area contributed by atoms with Crippen molar-refractivity contribution < 1.29 is 9.15 Å². The fourth-order valence-electron chi connectivity index (χ4n) is 2.03. The molecule has 0 bridgehead atoms. The highest BCUT2D eigenvalue weighted by Crippen LogP contribution is 2.17. The maximum atomic E-state index is 5.71. The smallest absolute Gasteiger partial charge is 0.196 e. The van der Waals surface area contributed by atoms with Gasteiger partial charge in [0.1, 0.15) is 6.26 Å². The summed E-state index contributed by atoms with van der Waals surface area (Å²) in [5, 5.41) is 0. The fourth-order valence-corrected chi connectivity index (χ4v) is 2.03. The van der Waals surface area contributed by atoms with E-state index < -0.39 is 0 Å². The third kappa shape index (κ3) is 3.32. The number of hydrogen-bond acceptors (Lipinski definition) is 4. The topological polar surface area (TPSA) is 61.3 Å². The Morgan fingerprint density at radius 2 is 2.44 bits per heavy atom. The summed E-state index contributed by atoms with van der Waals surface area (Å²) in [6, 6.07) is 0.129. The highest BCUT2D eigenvalue weighted by Gasteiger charge is 2.17. The van der Waals surface area contributed by atoms with Crippen LogP contribution in [0.25, 0.3) is 0 Å². The molecule has 2 atom stereocenters. The quantitative estimate of drug-likeness (QED) is 0.845. The summed E-state index contributed by atoms with van der Waals surface area (Å²) in [6.07, 6.45) is 7.10. The van der Waals surface area contributed by atoms with E-state index in [1.807, 2.05) is 6.92 Å². The first-order valence-corrected chi connectivity index (χ1v) is 6.04. The molecule has 4 heteroatoms. The molecular formula is C12H20N2O2. The number of nitrogens with two attached hydrogens (primary N) is 1. The maximum Gasteiger partial charge on any atom is 0.196 e. The van der Waals surface area contributed by atoms with Crippen molar-refractivity contribution in [2.75, 3.05) is 6.61 Å². The lowest BCUT2D eigenvalue weighted by Crippen LogP contribution is -2.21. The molecule has 2 rings (SSSR count). The molecule has 1 aliphatic rings. The predicted octanol–water partition coefficient (Wildman–Crippen LogP) is 1.68. The lowest BCUT2D eigenvalue weighted by molar-refractivity contribution is 0.0132. The van der Waals surface area contributed by atoms with Crippen LogP contribution < -0.4 is 5.73 Å². The van der Waals surface area contributed by atoms with Crippen molar-refractivity contribution >= 4 is 0 Å². The Hall–Kier alpha value is -0.870. The van der Waals surface area contributed by atoms with E-state index in [4.69, 9.17) is 14.9 Å². The van der Waals surface area contributed by atoms with Gasteiger partial charge >= 0.3 is 0 Å². The third-order valence-corrected chi connectivity index (χ3v) is 2.81. The highest BCUT2D eigenvalue weighted by molar-refractivity contribution is 4.99. The van der Waals surface area contributed by atoms with E-state index in [1.165, 1.54) is 12.8 Å². The number of oxazole rings is 1. The molecule has 0 aliphatic carbocycles. The Bertz CT molecular complexity index is 317. The lowest BCUT2D eigenvalue weighted by Gasteiger charge is -2.20. The third-order valence-electron chi connectivity index (χ3n) is 2.81. The molecule has 0 saturated carbocycles. The average Bonchev–Trinajstić information content (AvgIpc) is 2.66. The average molecular weight is 224 g/mol. The Balaban J connectivity index is 1.86. The molecule has 1 aromatic heterocycles. The first-order valence-electron chi connectivity index (χ1n) is 6.04. The van der Waals surface area contributed by atoms with Gasteiger partial charge in [-0.3, -0.25) is 0 Å². The van der Waals surface area contributed by atoms with E-state index >= 15 is 0 Å². The largest absolute Gasteiger partial charge is 0.449 e. The summed E-state index contributed by atoms with van der Waals surface area (Å²) < 4.78 is 11.1. The van der Waals surface area contributed by atoms with Gasteiger partial charge in [-0.25, -0.2) is 4.98 Å². The lowest BCUT2D eigenvalue weighted by atomic mass is 10.1. The van der Waals surface area contributed by atoms with Crippen LogP contribution in [-0.2, 0) is 17.6 Å². The second-order valence-corrected chi connectivity index (χ2v) is 4.61. The van der Waals surface area contributed by atoms with Gasteiger partial charge in [-0.05, 0) is 26.2 Å². The number of hydrogen-bond donors (Lipinski definition) is 1. The molecule has 1 saturated heterocycles. The molecule has 1 aromatic rings. The zero-order valence-electron chi connectivity index (χ0n) is 9.82. The summed E-state index contributed by atoms with van der Waals surface area (Å²) in [4.78, 5) is 4.42. The van der Waals surface area contributed by atoms with Gasteiger partial charge in [-0.15, -0.1) is 0 Å². The normalized spacial score (nSPS) is 23.2. The summed E-state index contributed by atoms with van der Waals surface area (Å²) in [5.74, 6) is 0.780. The van der Waals surface area contributed by atoms with Crippen molar-refractivity contribution in [2.24, 2.45) is 5.73 Å². The van der Waals surface area contributed by atoms with Gasteiger partial charge in [0.05, 0.1) is 18.2 Å². The highest BCUT2D eigenvalue weighted by atomic mass is 16.5. The summed E-state index contributed by atoms with van der Waals surface area (Å²) in [6.45, 7) is 2.84. The molecule has 0 spiro atoms. The minimum absolute atomic E-state index is 0.129. The molecule has 1 fully saturated rings. The van der Waals surface area contributed by atoms with Crippen LogP contribution in [0, 0.1) is 0 Å². The van der Waals surface area contributed by atoms with Crippen LogP contribution in [-0.4, -0.2) is 23.7 Å². The summed E-state index contributed by atoms with van der Waals surface area (Å²) >= 11 is 0. The maximum absolute atomic E-state index is 5.71. The van der Waals surface area contributed by atoms with E-state index in [1.54, 1.807) is 6.26 Å². The van der Waals surface area contributed by atoms with Crippen LogP contribution in [0.2, 0.25) is 0 Å². The zero-order chi connectivity index (χ0) is 11.4. The van der Waals surface area contributed by atoms with E-state index in [2.05, 4.69) is 4.98 Å². The molecule has 16 heavy (non-hydrogen) atoms. The molecule has 2 heterocycles. The number of nitrogens with zero attached hydrogens (tertiary/aromatic N) is 1. The van der Waals surface area contributed by atoms with Crippen LogP contribution in [0.15, 0.2) is 10.7 Å². The fraction of sp³-hybridized carbons (Fsp3) is 0.750. The SMILES string of the molecule is CC(N)Cc1coc(CC2CCCCO2)n1. The Kier molecular flexibility index (Phi) is 3.96. The van der Waals surface area contributed by atoms with Gasteiger partial charge in [-0.1, -0.05) is 0 Å². The van der Waals surface area contributed by atoms with Crippen molar-refractivity contribution in [3.05, 3.63) is 17.8 Å². The van der Waals surface area contributed by atoms with Crippen molar-refractivity contribution in [3.8, 4) is 0 Å². The van der Waals surface area contributed by atoms with Crippen LogP contribution in [0.3, 0.4) is 0 Å². The molecule has 2 unspecified atom stereocenters. The van der Waals surface area contributed by atoms with Gasteiger partial charge in [-0.2, -0.15) is 0 Å². The zero-order valence-corrected chi connectivity index (χ0v) is 9.82. The van der Waals surface area contributed by atoms with Crippen molar-refractivity contribution in [1.82, 2.24) is 4.98 Å². The van der Waals surface area contributed by atoms with E-state index in [9.17, 15) is 0 Å². The molecular weight excluding hydrogens is 204 g/mol. The molecule has 2 N–H and O–H groups in total. The van der Waals surface area contributed by atoms with Gasteiger partial charge in [0.25, 0.3) is 0 Å². The number of rotatable bonds is 4. The molecule has 4 nitrogen and oxygen atoms in total. The first kappa shape index (κ1) is 11.6. The van der Waals surface area contributed by atoms with E-state index in [0.717, 1.165) is 37.5 Å². The van der Waals surface area contributed by atoms with E-state index in [-0.39, 0.29) is 12.1 Å². The van der Waals surface area contributed by atoms with Gasteiger partial charge < -0.3 is 14.9 Å². The molecule has 0 amide bonds. The minimum atomic E-state index is 0.129. The Morgan fingerprint density at radius 1 is 1.56 bits per heavy atom. The van der Waals surface area contributed by atoms with Gasteiger partial charge in [0.2, 0.25) is 0 Å². The molecule has 1 aliphatic heterocycles. The van der Waals surface area contributed by atoms with E-state index in [0.29, 0.717) is 0 Å². The summed E-state index contributed by atoms with van der Waals surface area (Å²) in [7, 11) is 0. The van der Waals surface area contributed by atoms with Crippen LogP contribution in [0.1, 0.15) is 37.8 Å². The first-order chi connectivity index (χ1) is 7.74. The molecule has 0 radical (unpaired) electrons. The second kappa shape index (κ2) is 5.46. The molecule has 0 aromatic carbocycles. The van der Waals surface area contributed by atoms with Gasteiger partial charge in [0, 0.05) is 19.1 Å². The predicted molar refractivity (Wildman–Crippen MR) is 61.2 cm³/mol. The van der Waals surface area contributed by atoms with Crippen LogP contribution in [0.5, 0.6) is 0 Å². The summed E-state index contributed by atoms with van der Waals surface area (Å²) in [5.41, 5.74) is 6.66. The van der Waals surface area contributed by atoms with Crippen LogP contribution >= 0.6 is 0 Å². The van der Waals surface area contributed by atoms with Crippen molar-refractivity contribution in [2.45, 2.75) is 51.2 Å². The van der Waals surface area contributed by atoms with Crippen molar-refractivity contribution in [3.63, 3.8) is 0 Å².